The molecule has 0 amide bonds. The Morgan fingerprint density at radius 2 is 1.91 bits per heavy atom. The molecule has 1 unspecified atom stereocenters. The number of nitro groups is 1. The van der Waals surface area contributed by atoms with Crippen molar-refractivity contribution in [3.63, 3.8) is 0 Å². The maximum Gasteiger partial charge on any atom is 0.292 e. The van der Waals surface area contributed by atoms with Gasteiger partial charge in [0.25, 0.3) is 5.69 Å². The predicted octanol–water partition coefficient (Wildman–Crippen LogP) is 3.95. The third kappa shape index (κ3) is 4.02. The summed E-state index contributed by atoms with van der Waals surface area (Å²) < 4.78 is 0. The number of benzene rings is 2. The second-order valence-corrected chi connectivity index (χ2v) is 5.42. The standard InChI is InChI=1S/C16H17N3O2S/c1-11-8-9-14(15(10-11)19(20)21)18-16(22)17-12(2)13-6-4-3-5-7-13/h3-10,12H,1-2H3,(H2,17,18,22). The third-order valence-electron chi connectivity index (χ3n) is 3.25. The van der Waals surface area contributed by atoms with Gasteiger partial charge in [-0.1, -0.05) is 36.4 Å². The summed E-state index contributed by atoms with van der Waals surface area (Å²) >= 11 is 5.25. The highest BCUT2D eigenvalue weighted by Crippen LogP contribution is 2.25. The van der Waals surface area contributed by atoms with Gasteiger partial charge in [0.05, 0.1) is 11.0 Å². The van der Waals surface area contributed by atoms with Crippen LogP contribution in [0.5, 0.6) is 0 Å². The van der Waals surface area contributed by atoms with Gasteiger partial charge in [0.15, 0.2) is 5.11 Å². The Morgan fingerprint density at radius 3 is 2.55 bits per heavy atom. The molecule has 0 aliphatic heterocycles. The zero-order chi connectivity index (χ0) is 16.1. The summed E-state index contributed by atoms with van der Waals surface area (Å²) in [5.74, 6) is 0. The van der Waals surface area contributed by atoms with Crippen molar-refractivity contribution >= 4 is 28.7 Å². The lowest BCUT2D eigenvalue weighted by atomic mass is 10.1. The largest absolute Gasteiger partial charge is 0.356 e. The predicted molar refractivity (Wildman–Crippen MR) is 92.0 cm³/mol. The zero-order valence-electron chi connectivity index (χ0n) is 12.4. The van der Waals surface area contributed by atoms with Crippen LogP contribution in [0.2, 0.25) is 0 Å². The molecule has 0 aliphatic rings. The van der Waals surface area contributed by atoms with E-state index in [-0.39, 0.29) is 11.7 Å². The summed E-state index contributed by atoms with van der Waals surface area (Å²) in [6.45, 7) is 3.79. The third-order valence-corrected chi connectivity index (χ3v) is 3.47. The number of anilines is 1. The molecule has 0 fully saturated rings. The van der Waals surface area contributed by atoms with Gasteiger partial charge < -0.3 is 10.6 Å². The van der Waals surface area contributed by atoms with Gasteiger partial charge in [-0.2, -0.15) is 0 Å². The highest BCUT2D eigenvalue weighted by atomic mass is 32.1. The molecular weight excluding hydrogens is 298 g/mol. The Labute approximate surface area is 134 Å². The average Bonchev–Trinajstić information content (AvgIpc) is 2.49. The van der Waals surface area contributed by atoms with Crippen molar-refractivity contribution in [1.82, 2.24) is 5.32 Å². The highest BCUT2D eigenvalue weighted by molar-refractivity contribution is 7.80. The van der Waals surface area contributed by atoms with E-state index in [0.717, 1.165) is 11.1 Å². The van der Waals surface area contributed by atoms with Crippen LogP contribution in [0.4, 0.5) is 11.4 Å². The second kappa shape index (κ2) is 7.00. The van der Waals surface area contributed by atoms with Gasteiger partial charge in [-0.25, -0.2) is 0 Å². The van der Waals surface area contributed by atoms with E-state index in [1.54, 1.807) is 12.1 Å². The Morgan fingerprint density at radius 1 is 1.23 bits per heavy atom. The first-order valence-electron chi connectivity index (χ1n) is 6.85. The fraction of sp³-hybridized carbons (Fsp3) is 0.188. The minimum atomic E-state index is -0.418. The number of nitrogens with one attached hydrogen (secondary N) is 2. The van der Waals surface area contributed by atoms with Crippen LogP contribution in [0.15, 0.2) is 48.5 Å². The van der Waals surface area contributed by atoms with E-state index in [1.165, 1.54) is 6.07 Å². The molecule has 0 saturated carbocycles. The molecule has 2 aromatic rings. The molecular formula is C16H17N3O2S. The molecule has 2 aromatic carbocycles. The SMILES string of the molecule is Cc1ccc(NC(=S)NC(C)c2ccccc2)c([N+](=O)[O-])c1. The van der Waals surface area contributed by atoms with E-state index >= 15 is 0 Å². The topological polar surface area (TPSA) is 67.2 Å². The number of rotatable bonds is 4. The summed E-state index contributed by atoms with van der Waals surface area (Å²) in [5, 5.41) is 17.5. The number of nitro benzene ring substituents is 1. The van der Waals surface area contributed by atoms with E-state index in [1.807, 2.05) is 44.2 Å². The quantitative estimate of drug-likeness (QED) is 0.508. The van der Waals surface area contributed by atoms with Crippen LogP contribution >= 0.6 is 12.2 Å². The van der Waals surface area contributed by atoms with Crippen molar-refractivity contribution in [3.8, 4) is 0 Å². The first-order chi connectivity index (χ1) is 10.5. The first kappa shape index (κ1) is 15.9. The number of aryl methyl sites for hydroxylation is 1. The normalized spacial score (nSPS) is 11.5. The van der Waals surface area contributed by atoms with Crippen LogP contribution in [0.3, 0.4) is 0 Å². The number of thiocarbonyl (C=S) groups is 1. The van der Waals surface area contributed by atoms with Gasteiger partial charge in [-0.05, 0) is 43.3 Å². The molecule has 1 atom stereocenters. The minimum Gasteiger partial charge on any atom is -0.356 e. The number of hydrogen-bond donors (Lipinski definition) is 2. The van der Waals surface area contributed by atoms with Crippen LogP contribution in [-0.4, -0.2) is 10.0 Å². The maximum atomic E-state index is 11.1. The maximum absolute atomic E-state index is 11.1. The lowest BCUT2D eigenvalue weighted by Crippen LogP contribution is -2.31. The Balaban J connectivity index is 2.08. The van der Waals surface area contributed by atoms with Crippen LogP contribution in [0, 0.1) is 17.0 Å². The molecule has 5 nitrogen and oxygen atoms in total. The molecule has 22 heavy (non-hydrogen) atoms. The molecule has 114 valence electrons. The summed E-state index contributed by atoms with van der Waals surface area (Å²) in [5.41, 5.74) is 2.31. The fourth-order valence-electron chi connectivity index (χ4n) is 2.08. The molecule has 0 aliphatic carbocycles. The van der Waals surface area contributed by atoms with Crippen molar-refractivity contribution in [3.05, 3.63) is 69.8 Å². The van der Waals surface area contributed by atoms with E-state index in [4.69, 9.17) is 12.2 Å². The Kier molecular flexibility index (Phi) is 5.06. The monoisotopic (exact) mass is 315 g/mol. The average molecular weight is 315 g/mol. The van der Waals surface area contributed by atoms with Crippen molar-refractivity contribution in [2.75, 3.05) is 5.32 Å². The Bertz CT molecular complexity index is 689. The van der Waals surface area contributed by atoms with Gasteiger partial charge in [-0.15, -0.1) is 0 Å². The van der Waals surface area contributed by atoms with E-state index in [2.05, 4.69) is 10.6 Å². The van der Waals surface area contributed by atoms with E-state index < -0.39 is 4.92 Å². The number of hydrogen-bond acceptors (Lipinski definition) is 3. The van der Waals surface area contributed by atoms with Crippen LogP contribution in [-0.2, 0) is 0 Å². The molecule has 0 saturated heterocycles. The lowest BCUT2D eigenvalue weighted by Gasteiger charge is -2.17. The van der Waals surface area contributed by atoms with Gasteiger partial charge in [0.1, 0.15) is 5.69 Å². The van der Waals surface area contributed by atoms with Gasteiger partial charge >= 0.3 is 0 Å². The van der Waals surface area contributed by atoms with E-state index in [0.29, 0.717) is 10.8 Å². The molecule has 0 bridgehead atoms. The van der Waals surface area contributed by atoms with Crippen molar-refractivity contribution < 1.29 is 4.92 Å². The summed E-state index contributed by atoms with van der Waals surface area (Å²) in [7, 11) is 0. The van der Waals surface area contributed by atoms with Gasteiger partial charge in [0, 0.05) is 6.07 Å². The van der Waals surface area contributed by atoms with Crippen LogP contribution in [0.25, 0.3) is 0 Å². The lowest BCUT2D eigenvalue weighted by molar-refractivity contribution is -0.383. The molecule has 0 aromatic heterocycles. The summed E-state index contributed by atoms with van der Waals surface area (Å²) in [6, 6.07) is 14.8. The zero-order valence-corrected chi connectivity index (χ0v) is 13.2. The van der Waals surface area contributed by atoms with Crippen LogP contribution in [0.1, 0.15) is 24.1 Å². The highest BCUT2D eigenvalue weighted by Gasteiger charge is 2.15. The van der Waals surface area contributed by atoms with Crippen molar-refractivity contribution in [1.29, 1.82) is 0 Å². The molecule has 2 rings (SSSR count). The smallest absolute Gasteiger partial charge is 0.292 e. The number of nitrogens with zero attached hydrogens (tertiary/aromatic N) is 1. The first-order valence-corrected chi connectivity index (χ1v) is 7.25. The van der Waals surface area contributed by atoms with Gasteiger partial charge in [-0.3, -0.25) is 10.1 Å². The van der Waals surface area contributed by atoms with Gasteiger partial charge in [0.2, 0.25) is 0 Å². The van der Waals surface area contributed by atoms with Crippen molar-refractivity contribution in [2.24, 2.45) is 0 Å². The molecule has 6 heteroatoms. The molecule has 2 N–H and O–H groups in total. The Hall–Kier alpha value is -2.47. The van der Waals surface area contributed by atoms with Crippen molar-refractivity contribution in [2.45, 2.75) is 19.9 Å². The summed E-state index contributed by atoms with van der Waals surface area (Å²) in [6.07, 6.45) is 0. The molecule has 0 spiro atoms. The second-order valence-electron chi connectivity index (χ2n) is 5.01. The fourth-order valence-corrected chi connectivity index (χ4v) is 2.37. The molecule has 0 heterocycles. The summed E-state index contributed by atoms with van der Waals surface area (Å²) in [4.78, 5) is 10.7. The van der Waals surface area contributed by atoms with E-state index in [9.17, 15) is 10.1 Å². The minimum absolute atomic E-state index is 0.00528. The molecule has 0 radical (unpaired) electrons. The van der Waals surface area contributed by atoms with Crippen LogP contribution < -0.4 is 10.6 Å².